The van der Waals surface area contributed by atoms with Crippen LogP contribution in [0.2, 0.25) is 5.02 Å². The standard InChI is InChI=1S/C21H20ClN3O5/c1-29-21(26)15-4-2-14(3-5-15)20-9-7-17(30-20)13-23-10-11-24-19-8-6-16(25(27)28)12-18(19)22/h2-9,12,23-24H,10-11,13H2,1H3. The zero-order chi connectivity index (χ0) is 21.5. The number of ether oxygens (including phenoxy) is 1. The second kappa shape index (κ2) is 9.91. The number of nitrogens with one attached hydrogen (secondary N) is 2. The maximum absolute atomic E-state index is 11.5. The minimum absolute atomic E-state index is 0.0442. The lowest BCUT2D eigenvalue weighted by molar-refractivity contribution is -0.384. The van der Waals surface area contributed by atoms with Gasteiger partial charge < -0.3 is 19.8 Å². The van der Waals surface area contributed by atoms with Gasteiger partial charge in [-0.1, -0.05) is 23.7 Å². The molecule has 0 bridgehead atoms. The van der Waals surface area contributed by atoms with E-state index >= 15 is 0 Å². The number of carbonyl (C=O) groups is 1. The van der Waals surface area contributed by atoms with Crippen LogP contribution in [0, 0.1) is 10.1 Å². The Morgan fingerprint density at radius 1 is 1.13 bits per heavy atom. The number of nitro groups is 1. The lowest BCUT2D eigenvalue weighted by Crippen LogP contribution is -2.21. The Hall–Kier alpha value is -3.36. The predicted molar refractivity (Wildman–Crippen MR) is 114 cm³/mol. The van der Waals surface area contributed by atoms with Crippen LogP contribution in [0.3, 0.4) is 0 Å². The molecular formula is C21H20ClN3O5. The molecule has 1 heterocycles. The van der Waals surface area contributed by atoms with Crippen molar-refractivity contribution in [1.82, 2.24) is 5.32 Å². The van der Waals surface area contributed by atoms with Crippen molar-refractivity contribution in [3.05, 3.63) is 81.1 Å². The quantitative estimate of drug-likeness (QED) is 0.223. The minimum Gasteiger partial charge on any atom is -0.465 e. The third kappa shape index (κ3) is 5.37. The van der Waals surface area contributed by atoms with Crippen molar-refractivity contribution in [3.63, 3.8) is 0 Å². The van der Waals surface area contributed by atoms with E-state index in [0.29, 0.717) is 41.7 Å². The summed E-state index contributed by atoms with van der Waals surface area (Å²) in [7, 11) is 1.35. The molecule has 0 unspecified atom stereocenters. The van der Waals surface area contributed by atoms with E-state index in [9.17, 15) is 14.9 Å². The van der Waals surface area contributed by atoms with Crippen molar-refractivity contribution < 1.29 is 18.9 Å². The second-order valence-corrected chi connectivity index (χ2v) is 6.77. The summed E-state index contributed by atoms with van der Waals surface area (Å²) < 4.78 is 10.5. The van der Waals surface area contributed by atoms with Crippen molar-refractivity contribution in [2.75, 3.05) is 25.5 Å². The minimum atomic E-state index is -0.484. The van der Waals surface area contributed by atoms with Crippen LogP contribution >= 0.6 is 11.6 Å². The second-order valence-electron chi connectivity index (χ2n) is 6.36. The normalized spacial score (nSPS) is 10.6. The summed E-state index contributed by atoms with van der Waals surface area (Å²) >= 11 is 6.05. The van der Waals surface area contributed by atoms with Gasteiger partial charge in [0.25, 0.3) is 5.69 Å². The van der Waals surface area contributed by atoms with E-state index < -0.39 is 4.92 Å². The number of benzene rings is 2. The van der Waals surface area contributed by atoms with E-state index in [1.54, 1.807) is 30.3 Å². The first-order chi connectivity index (χ1) is 14.5. The highest BCUT2D eigenvalue weighted by Gasteiger charge is 2.10. The number of furan rings is 1. The molecule has 0 aliphatic carbocycles. The molecule has 0 fully saturated rings. The number of nitro benzene ring substituents is 1. The summed E-state index contributed by atoms with van der Waals surface area (Å²) in [6, 6.07) is 15.1. The highest BCUT2D eigenvalue weighted by atomic mass is 35.5. The number of halogens is 1. The van der Waals surface area contributed by atoms with Gasteiger partial charge >= 0.3 is 5.97 Å². The Bertz CT molecular complexity index is 1030. The number of hydrogen-bond acceptors (Lipinski definition) is 7. The van der Waals surface area contributed by atoms with Crippen LogP contribution in [-0.4, -0.2) is 31.1 Å². The van der Waals surface area contributed by atoms with E-state index in [-0.39, 0.29) is 11.7 Å². The molecule has 8 nitrogen and oxygen atoms in total. The van der Waals surface area contributed by atoms with Gasteiger partial charge in [0.05, 0.1) is 34.9 Å². The van der Waals surface area contributed by atoms with Crippen molar-refractivity contribution in [1.29, 1.82) is 0 Å². The van der Waals surface area contributed by atoms with Crippen LogP contribution in [0.4, 0.5) is 11.4 Å². The largest absolute Gasteiger partial charge is 0.465 e. The molecule has 0 radical (unpaired) electrons. The number of esters is 1. The first kappa shape index (κ1) is 21.4. The molecule has 0 amide bonds. The van der Waals surface area contributed by atoms with Gasteiger partial charge in [-0.05, 0) is 30.3 Å². The number of anilines is 1. The highest BCUT2D eigenvalue weighted by Crippen LogP contribution is 2.26. The average molecular weight is 430 g/mol. The zero-order valence-electron chi connectivity index (χ0n) is 16.2. The molecule has 2 aromatic carbocycles. The number of methoxy groups -OCH3 is 1. The maximum Gasteiger partial charge on any atom is 0.337 e. The topological polar surface area (TPSA) is 107 Å². The summed E-state index contributed by atoms with van der Waals surface area (Å²) in [6.45, 7) is 1.76. The van der Waals surface area contributed by atoms with Gasteiger partial charge in [-0.2, -0.15) is 0 Å². The molecule has 0 spiro atoms. The van der Waals surface area contributed by atoms with Gasteiger partial charge in [0.2, 0.25) is 0 Å². The van der Waals surface area contributed by atoms with E-state index in [1.165, 1.54) is 19.2 Å². The Kier molecular flexibility index (Phi) is 7.05. The lowest BCUT2D eigenvalue weighted by Gasteiger charge is -2.08. The first-order valence-corrected chi connectivity index (χ1v) is 9.51. The van der Waals surface area contributed by atoms with Gasteiger partial charge in [-0.25, -0.2) is 4.79 Å². The molecule has 3 rings (SSSR count). The van der Waals surface area contributed by atoms with Crippen LogP contribution in [-0.2, 0) is 11.3 Å². The van der Waals surface area contributed by atoms with E-state index in [2.05, 4.69) is 15.4 Å². The van der Waals surface area contributed by atoms with Crippen LogP contribution in [0.25, 0.3) is 11.3 Å². The van der Waals surface area contributed by atoms with Crippen LogP contribution in [0.1, 0.15) is 16.1 Å². The van der Waals surface area contributed by atoms with Gasteiger partial charge in [0.1, 0.15) is 11.5 Å². The van der Waals surface area contributed by atoms with E-state index in [0.717, 1.165) is 11.3 Å². The molecule has 0 atom stereocenters. The predicted octanol–water partition coefficient (Wildman–Crippen LogP) is 4.50. The van der Waals surface area contributed by atoms with Gasteiger partial charge in [0.15, 0.2) is 0 Å². The van der Waals surface area contributed by atoms with Crippen LogP contribution < -0.4 is 10.6 Å². The van der Waals surface area contributed by atoms with Crippen LogP contribution in [0.5, 0.6) is 0 Å². The fourth-order valence-electron chi connectivity index (χ4n) is 2.77. The van der Waals surface area contributed by atoms with E-state index in [1.807, 2.05) is 12.1 Å². The number of nitrogens with zero attached hydrogens (tertiary/aromatic N) is 1. The molecule has 2 N–H and O–H groups in total. The first-order valence-electron chi connectivity index (χ1n) is 9.14. The maximum atomic E-state index is 11.5. The van der Waals surface area contributed by atoms with E-state index in [4.69, 9.17) is 16.0 Å². The van der Waals surface area contributed by atoms with Crippen LogP contribution in [0.15, 0.2) is 59.0 Å². The molecule has 156 valence electrons. The summed E-state index contributed by atoms with van der Waals surface area (Å²) in [5.41, 5.74) is 1.94. The average Bonchev–Trinajstić information content (AvgIpc) is 3.22. The number of hydrogen-bond donors (Lipinski definition) is 2. The number of carbonyl (C=O) groups excluding carboxylic acids is 1. The lowest BCUT2D eigenvalue weighted by atomic mass is 10.1. The molecule has 1 aromatic heterocycles. The monoisotopic (exact) mass is 429 g/mol. The molecule has 9 heteroatoms. The summed E-state index contributed by atoms with van der Waals surface area (Å²) in [5.74, 6) is 1.10. The fourth-order valence-corrected chi connectivity index (χ4v) is 3.02. The number of non-ortho nitro benzene ring substituents is 1. The third-order valence-electron chi connectivity index (χ3n) is 4.33. The molecule has 3 aromatic rings. The zero-order valence-corrected chi connectivity index (χ0v) is 16.9. The number of rotatable bonds is 9. The van der Waals surface area contributed by atoms with Crippen molar-refractivity contribution >= 4 is 28.9 Å². The molecule has 0 aliphatic rings. The highest BCUT2D eigenvalue weighted by molar-refractivity contribution is 6.33. The molecular weight excluding hydrogens is 410 g/mol. The molecule has 0 aliphatic heterocycles. The van der Waals surface area contributed by atoms with Gasteiger partial charge in [0, 0.05) is 30.8 Å². The van der Waals surface area contributed by atoms with Gasteiger partial charge in [-0.3, -0.25) is 10.1 Å². The smallest absolute Gasteiger partial charge is 0.337 e. The Labute approximate surface area is 177 Å². The fraction of sp³-hybridized carbons (Fsp3) is 0.190. The third-order valence-corrected chi connectivity index (χ3v) is 4.64. The SMILES string of the molecule is COC(=O)c1ccc(-c2ccc(CNCCNc3ccc([N+](=O)[O-])cc3Cl)o2)cc1. The molecule has 0 saturated carbocycles. The summed E-state index contributed by atoms with van der Waals surface area (Å²) in [5, 5.41) is 17.4. The summed E-state index contributed by atoms with van der Waals surface area (Å²) in [6.07, 6.45) is 0. The molecule has 30 heavy (non-hydrogen) atoms. The summed E-state index contributed by atoms with van der Waals surface area (Å²) in [4.78, 5) is 21.7. The Balaban J connectivity index is 1.46. The van der Waals surface area contributed by atoms with Crippen molar-refractivity contribution in [2.24, 2.45) is 0 Å². The Morgan fingerprint density at radius 2 is 1.90 bits per heavy atom. The molecule has 0 saturated heterocycles. The van der Waals surface area contributed by atoms with Crippen molar-refractivity contribution in [3.8, 4) is 11.3 Å². The van der Waals surface area contributed by atoms with Crippen molar-refractivity contribution in [2.45, 2.75) is 6.54 Å². The van der Waals surface area contributed by atoms with Gasteiger partial charge in [-0.15, -0.1) is 0 Å². The Morgan fingerprint density at radius 3 is 2.57 bits per heavy atom.